The van der Waals surface area contributed by atoms with Gasteiger partial charge in [-0.15, -0.1) is 0 Å². The van der Waals surface area contributed by atoms with Crippen LogP contribution in [-0.4, -0.2) is 45.6 Å². The van der Waals surface area contributed by atoms with Crippen LogP contribution in [0.25, 0.3) is 0 Å². The van der Waals surface area contributed by atoms with E-state index >= 15 is 0 Å². The second-order valence-electron chi connectivity index (χ2n) is 4.60. The molecule has 0 saturated carbocycles. The minimum Gasteiger partial charge on any atom is -0.481 e. The van der Waals surface area contributed by atoms with Gasteiger partial charge in [0.1, 0.15) is 0 Å². The van der Waals surface area contributed by atoms with E-state index in [1.165, 1.54) is 4.90 Å². The van der Waals surface area contributed by atoms with Gasteiger partial charge in [-0.25, -0.2) is 0 Å². The lowest BCUT2D eigenvalue weighted by molar-refractivity contribution is -0.142. The van der Waals surface area contributed by atoms with E-state index < -0.39 is 11.9 Å². The van der Waals surface area contributed by atoms with Gasteiger partial charge in [0.25, 0.3) is 0 Å². The number of carboxylic acids is 1. The van der Waals surface area contributed by atoms with Gasteiger partial charge in [0.05, 0.1) is 5.92 Å². The molecule has 1 rings (SSSR count). The first-order valence-electron chi connectivity index (χ1n) is 6.16. The van der Waals surface area contributed by atoms with Crippen molar-refractivity contribution in [2.75, 3.05) is 13.6 Å². The van der Waals surface area contributed by atoms with Gasteiger partial charge in [0, 0.05) is 26.4 Å². The monoisotopic (exact) mass is 269 g/mol. The number of nitrogens with zero attached hydrogens (tertiary/aromatic N) is 3. The summed E-state index contributed by atoms with van der Waals surface area (Å²) in [5, 5.41) is 12.4. The third-order valence-electron chi connectivity index (χ3n) is 2.75. The van der Waals surface area contributed by atoms with Crippen LogP contribution in [0.15, 0.2) is 4.52 Å². The normalized spacial score (nSPS) is 12.2. The zero-order valence-corrected chi connectivity index (χ0v) is 11.4. The number of amides is 1. The molecule has 7 heteroatoms. The minimum atomic E-state index is -0.902. The lowest BCUT2D eigenvalue weighted by Crippen LogP contribution is -2.33. The fraction of sp³-hybridized carbons (Fsp3) is 0.667. The van der Waals surface area contributed by atoms with Crippen LogP contribution in [0.2, 0.25) is 0 Å². The van der Waals surface area contributed by atoms with E-state index in [4.69, 9.17) is 9.63 Å². The van der Waals surface area contributed by atoms with E-state index in [2.05, 4.69) is 10.1 Å². The molecule has 1 N–H and O–H groups in total. The van der Waals surface area contributed by atoms with E-state index in [9.17, 15) is 9.59 Å². The van der Waals surface area contributed by atoms with E-state index in [0.29, 0.717) is 31.0 Å². The van der Waals surface area contributed by atoms with Crippen molar-refractivity contribution in [3.8, 4) is 0 Å². The summed E-state index contributed by atoms with van der Waals surface area (Å²) >= 11 is 0. The number of aryl methyl sites for hydroxylation is 2. The molecule has 0 spiro atoms. The Kier molecular flexibility index (Phi) is 5.47. The molecule has 1 amide bonds. The molecule has 0 radical (unpaired) electrons. The van der Waals surface area contributed by atoms with Crippen molar-refractivity contribution in [3.63, 3.8) is 0 Å². The molecule has 1 heterocycles. The van der Waals surface area contributed by atoms with Gasteiger partial charge in [-0.05, 0) is 13.3 Å². The van der Waals surface area contributed by atoms with Gasteiger partial charge in [-0.1, -0.05) is 12.1 Å². The fourth-order valence-electron chi connectivity index (χ4n) is 1.61. The number of aliphatic carboxylic acids is 1. The van der Waals surface area contributed by atoms with Crippen molar-refractivity contribution >= 4 is 11.9 Å². The average Bonchev–Trinajstić information content (AvgIpc) is 2.74. The highest BCUT2D eigenvalue weighted by Gasteiger charge is 2.17. The summed E-state index contributed by atoms with van der Waals surface area (Å²) in [4.78, 5) is 27.9. The number of carbonyl (C=O) groups excluding carboxylic acids is 1. The summed E-state index contributed by atoms with van der Waals surface area (Å²) in [5.74, 6) is -0.446. The number of aromatic nitrogens is 2. The molecule has 0 aliphatic heterocycles. The Morgan fingerprint density at radius 3 is 2.68 bits per heavy atom. The molecule has 1 aromatic heterocycles. The molecule has 0 bridgehead atoms. The molecule has 0 saturated heterocycles. The summed E-state index contributed by atoms with van der Waals surface area (Å²) in [7, 11) is 1.61. The average molecular weight is 269 g/mol. The Hall–Kier alpha value is -1.92. The number of hydrogen-bond acceptors (Lipinski definition) is 5. The smallest absolute Gasteiger partial charge is 0.308 e. The van der Waals surface area contributed by atoms with Crippen LogP contribution in [0.3, 0.4) is 0 Å². The van der Waals surface area contributed by atoms with Crippen LogP contribution in [0, 0.1) is 12.8 Å². The summed E-state index contributed by atoms with van der Waals surface area (Å²) in [6.45, 7) is 3.53. The van der Waals surface area contributed by atoms with Gasteiger partial charge >= 0.3 is 5.97 Å². The predicted molar refractivity (Wildman–Crippen MR) is 66.4 cm³/mol. The predicted octanol–water partition coefficient (Wildman–Crippen LogP) is 0.880. The Labute approximate surface area is 111 Å². The molecule has 0 aromatic carbocycles. The Morgan fingerprint density at radius 2 is 2.16 bits per heavy atom. The maximum atomic E-state index is 11.8. The first-order chi connectivity index (χ1) is 8.90. The quantitative estimate of drug-likeness (QED) is 0.789. The van der Waals surface area contributed by atoms with Crippen LogP contribution in [-0.2, 0) is 16.0 Å². The molecule has 106 valence electrons. The molecule has 1 atom stereocenters. The zero-order chi connectivity index (χ0) is 14.4. The second kappa shape index (κ2) is 6.86. The fourth-order valence-corrected chi connectivity index (χ4v) is 1.61. The van der Waals surface area contributed by atoms with Crippen LogP contribution >= 0.6 is 0 Å². The maximum Gasteiger partial charge on any atom is 0.308 e. The molecule has 0 fully saturated rings. The third kappa shape index (κ3) is 5.07. The first kappa shape index (κ1) is 15.1. The molecule has 0 aliphatic rings. The molecular weight excluding hydrogens is 250 g/mol. The van der Waals surface area contributed by atoms with Crippen molar-refractivity contribution < 1.29 is 19.2 Å². The van der Waals surface area contributed by atoms with Crippen LogP contribution < -0.4 is 0 Å². The van der Waals surface area contributed by atoms with Crippen molar-refractivity contribution in [1.29, 1.82) is 0 Å². The molecule has 1 aromatic rings. The van der Waals surface area contributed by atoms with Crippen LogP contribution in [0.1, 0.15) is 31.5 Å². The zero-order valence-electron chi connectivity index (χ0n) is 11.4. The second-order valence-corrected chi connectivity index (χ2v) is 4.60. The largest absolute Gasteiger partial charge is 0.481 e. The highest BCUT2D eigenvalue weighted by atomic mass is 16.5. The molecular formula is C12H19N3O4. The minimum absolute atomic E-state index is 0.0793. The summed E-state index contributed by atoms with van der Waals surface area (Å²) < 4.78 is 4.94. The highest BCUT2D eigenvalue weighted by molar-refractivity contribution is 5.77. The van der Waals surface area contributed by atoms with Gasteiger partial charge in [-0.2, -0.15) is 4.98 Å². The SMILES string of the molecule is Cc1noc(CCCC(=O)N(C)C[C@@H](C)C(=O)O)n1. The maximum absolute atomic E-state index is 11.8. The Balaban J connectivity index is 2.28. The van der Waals surface area contributed by atoms with Crippen LogP contribution in [0.5, 0.6) is 0 Å². The number of hydrogen-bond donors (Lipinski definition) is 1. The van der Waals surface area contributed by atoms with Gasteiger partial charge in [0.2, 0.25) is 11.8 Å². The summed E-state index contributed by atoms with van der Waals surface area (Å²) in [5.41, 5.74) is 0. The van der Waals surface area contributed by atoms with E-state index in [-0.39, 0.29) is 12.5 Å². The topological polar surface area (TPSA) is 96.5 Å². The molecule has 0 unspecified atom stereocenters. The van der Waals surface area contributed by atoms with E-state index in [0.717, 1.165) is 0 Å². The van der Waals surface area contributed by atoms with Gasteiger partial charge in [0.15, 0.2) is 5.82 Å². The van der Waals surface area contributed by atoms with E-state index in [1.807, 2.05) is 0 Å². The Bertz CT molecular complexity index is 444. The number of carbonyl (C=O) groups is 2. The van der Waals surface area contributed by atoms with Crippen molar-refractivity contribution in [3.05, 3.63) is 11.7 Å². The number of carboxylic acid groups (broad SMARTS) is 1. The van der Waals surface area contributed by atoms with Crippen molar-refractivity contribution in [2.45, 2.75) is 33.1 Å². The van der Waals surface area contributed by atoms with Crippen molar-refractivity contribution in [1.82, 2.24) is 15.0 Å². The van der Waals surface area contributed by atoms with Gasteiger partial charge in [-0.3, -0.25) is 9.59 Å². The number of rotatable bonds is 7. The van der Waals surface area contributed by atoms with Gasteiger partial charge < -0.3 is 14.5 Å². The summed E-state index contributed by atoms with van der Waals surface area (Å²) in [6.07, 6.45) is 1.49. The van der Waals surface area contributed by atoms with E-state index in [1.54, 1.807) is 20.9 Å². The molecule has 0 aliphatic carbocycles. The molecule has 19 heavy (non-hydrogen) atoms. The third-order valence-corrected chi connectivity index (χ3v) is 2.75. The van der Waals surface area contributed by atoms with Crippen molar-refractivity contribution in [2.24, 2.45) is 5.92 Å². The molecule has 7 nitrogen and oxygen atoms in total. The summed E-state index contributed by atoms with van der Waals surface area (Å²) in [6, 6.07) is 0. The standard InChI is InChI=1S/C12H19N3O4/c1-8(12(17)18)7-15(3)11(16)6-4-5-10-13-9(2)14-19-10/h8H,4-7H2,1-3H3,(H,17,18)/t8-/m1/s1. The highest BCUT2D eigenvalue weighted by Crippen LogP contribution is 2.06. The van der Waals surface area contributed by atoms with Crippen LogP contribution in [0.4, 0.5) is 0 Å². The lowest BCUT2D eigenvalue weighted by Gasteiger charge is -2.19. The Morgan fingerprint density at radius 1 is 1.47 bits per heavy atom. The lowest BCUT2D eigenvalue weighted by atomic mass is 10.1. The first-order valence-corrected chi connectivity index (χ1v) is 6.16.